The van der Waals surface area contributed by atoms with Crippen LogP contribution in [0.4, 0.5) is 0 Å². The minimum absolute atomic E-state index is 0.119. The van der Waals surface area contributed by atoms with E-state index < -0.39 is 12.0 Å². The van der Waals surface area contributed by atoms with Crippen LogP contribution in [-0.4, -0.2) is 34.5 Å². The number of hydrogen-bond donors (Lipinski definition) is 1. The first-order valence-corrected chi connectivity index (χ1v) is 7.23. The zero-order chi connectivity index (χ0) is 14.3. The summed E-state index contributed by atoms with van der Waals surface area (Å²) in [5, 5.41) is 9.49. The number of carboxylic acid groups (broad SMARTS) is 1. The molecule has 0 radical (unpaired) electrons. The zero-order valence-electron chi connectivity index (χ0n) is 11.5. The topological polar surface area (TPSA) is 70.8 Å². The summed E-state index contributed by atoms with van der Waals surface area (Å²) in [5.74, 6) is 0.0216. The third kappa shape index (κ3) is 1.92. The second-order valence-electron chi connectivity index (χ2n) is 5.71. The SMILES string of the molecule is CCc1occc1C(=O)N1CC2CCCC2C1C(=O)O. The molecule has 1 amide bonds. The number of hydrogen-bond acceptors (Lipinski definition) is 3. The van der Waals surface area contributed by atoms with Gasteiger partial charge in [0.05, 0.1) is 11.8 Å². The lowest BCUT2D eigenvalue weighted by molar-refractivity contribution is -0.142. The monoisotopic (exact) mass is 277 g/mol. The molecule has 2 heterocycles. The Bertz CT molecular complexity index is 536. The number of carbonyl (C=O) groups excluding carboxylic acids is 1. The summed E-state index contributed by atoms with van der Waals surface area (Å²) in [6.07, 6.45) is 5.15. The van der Waals surface area contributed by atoms with Gasteiger partial charge < -0.3 is 14.4 Å². The van der Waals surface area contributed by atoms with Crippen molar-refractivity contribution >= 4 is 11.9 Å². The summed E-state index contributed by atoms with van der Waals surface area (Å²) in [4.78, 5) is 25.7. The van der Waals surface area contributed by atoms with Crippen molar-refractivity contribution in [2.24, 2.45) is 11.8 Å². The number of likely N-dealkylation sites (tertiary alicyclic amines) is 1. The fraction of sp³-hybridized carbons (Fsp3) is 0.600. The molecular formula is C15H19NO4. The number of furan rings is 1. The first-order valence-electron chi connectivity index (χ1n) is 7.23. The van der Waals surface area contributed by atoms with Crippen LogP contribution in [0.3, 0.4) is 0 Å². The number of nitrogens with zero attached hydrogens (tertiary/aromatic N) is 1. The average Bonchev–Trinajstić information content (AvgIpc) is 3.11. The van der Waals surface area contributed by atoms with E-state index in [-0.39, 0.29) is 11.8 Å². The molecule has 2 fully saturated rings. The third-order valence-corrected chi connectivity index (χ3v) is 4.70. The molecule has 5 heteroatoms. The molecule has 1 aliphatic carbocycles. The van der Waals surface area contributed by atoms with Crippen molar-refractivity contribution in [3.05, 3.63) is 23.7 Å². The van der Waals surface area contributed by atoms with E-state index in [4.69, 9.17) is 4.42 Å². The Hall–Kier alpha value is -1.78. The highest BCUT2D eigenvalue weighted by Gasteiger charge is 2.49. The molecule has 3 unspecified atom stereocenters. The molecule has 1 aromatic rings. The largest absolute Gasteiger partial charge is 0.480 e. The van der Waals surface area contributed by atoms with Gasteiger partial charge in [-0.3, -0.25) is 4.79 Å². The van der Waals surface area contributed by atoms with E-state index in [0.29, 0.717) is 30.2 Å². The summed E-state index contributed by atoms with van der Waals surface area (Å²) < 4.78 is 5.29. The molecule has 1 aromatic heterocycles. The van der Waals surface area contributed by atoms with E-state index >= 15 is 0 Å². The Morgan fingerprint density at radius 1 is 1.45 bits per heavy atom. The Kier molecular flexibility index (Phi) is 3.28. The van der Waals surface area contributed by atoms with E-state index in [1.165, 1.54) is 6.26 Å². The molecule has 1 saturated carbocycles. The van der Waals surface area contributed by atoms with E-state index in [0.717, 1.165) is 19.3 Å². The number of fused-ring (bicyclic) bond motifs is 1. The molecule has 108 valence electrons. The molecule has 1 N–H and O–H groups in total. The Labute approximate surface area is 117 Å². The maximum Gasteiger partial charge on any atom is 0.326 e. The standard InChI is InChI=1S/C15H19NO4/c1-2-12-11(6-7-20-12)14(17)16-8-9-4-3-5-10(9)13(16)15(18)19/h6-7,9-10,13H,2-5,8H2,1H3,(H,18,19). The average molecular weight is 277 g/mol. The van der Waals surface area contributed by atoms with Gasteiger partial charge >= 0.3 is 5.97 Å². The lowest BCUT2D eigenvalue weighted by Crippen LogP contribution is -2.43. The van der Waals surface area contributed by atoms with E-state index in [2.05, 4.69) is 0 Å². The molecule has 1 saturated heterocycles. The maximum atomic E-state index is 12.6. The number of amides is 1. The van der Waals surface area contributed by atoms with Crippen LogP contribution in [0.2, 0.25) is 0 Å². The highest BCUT2D eigenvalue weighted by atomic mass is 16.4. The Morgan fingerprint density at radius 2 is 2.25 bits per heavy atom. The predicted molar refractivity (Wildman–Crippen MR) is 71.4 cm³/mol. The second kappa shape index (κ2) is 4.96. The van der Waals surface area contributed by atoms with Crippen LogP contribution in [0, 0.1) is 11.8 Å². The Morgan fingerprint density at radius 3 is 2.95 bits per heavy atom. The summed E-state index contributed by atoms with van der Waals surface area (Å²) in [6, 6.07) is 0.975. The minimum atomic E-state index is -0.880. The third-order valence-electron chi connectivity index (χ3n) is 4.70. The van der Waals surface area contributed by atoms with Gasteiger partial charge in [-0.1, -0.05) is 13.3 Å². The van der Waals surface area contributed by atoms with Crippen molar-refractivity contribution in [2.75, 3.05) is 6.54 Å². The number of aryl methyl sites for hydroxylation is 1. The molecule has 0 spiro atoms. The maximum absolute atomic E-state index is 12.6. The molecule has 1 aliphatic heterocycles. The van der Waals surface area contributed by atoms with Crippen molar-refractivity contribution < 1.29 is 19.1 Å². The fourth-order valence-corrected chi connectivity index (χ4v) is 3.79. The van der Waals surface area contributed by atoms with Gasteiger partial charge in [-0.25, -0.2) is 4.79 Å². The molecule has 3 rings (SSSR count). The van der Waals surface area contributed by atoms with E-state index in [1.54, 1.807) is 11.0 Å². The summed E-state index contributed by atoms with van der Waals surface area (Å²) in [7, 11) is 0. The van der Waals surface area contributed by atoms with Crippen LogP contribution >= 0.6 is 0 Å². The lowest BCUT2D eigenvalue weighted by atomic mass is 9.94. The first kappa shape index (κ1) is 13.2. The zero-order valence-corrected chi connectivity index (χ0v) is 11.5. The van der Waals surface area contributed by atoms with Gasteiger partial charge in [0, 0.05) is 13.0 Å². The van der Waals surface area contributed by atoms with Crippen molar-refractivity contribution in [2.45, 2.75) is 38.6 Å². The molecule has 0 bridgehead atoms. The highest BCUT2D eigenvalue weighted by Crippen LogP contribution is 2.42. The van der Waals surface area contributed by atoms with Crippen molar-refractivity contribution in [3.8, 4) is 0 Å². The lowest BCUT2D eigenvalue weighted by Gasteiger charge is -2.24. The number of aliphatic carboxylic acids is 1. The molecule has 2 aliphatic rings. The normalized spacial score (nSPS) is 28.6. The predicted octanol–water partition coefficient (Wildman–Crippen LogP) is 2.17. The highest BCUT2D eigenvalue weighted by molar-refractivity contribution is 5.98. The van der Waals surface area contributed by atoms with E-state index in [9.17, 15) is 14.7 Å². The smallest absolute Gasteiger partial charge is 0.326 e. The summed E-state index contributed by atoms with van der Waals surface area (Å²) in [6.45, 7) is 2.48. The van der Waals surface area contributed by atoms with Crippen LogP contribution in [0.5, 0.6) is 0 Å². The van der Waals surface area contributed by atoms with E-state index in [1.807, 2.05) is 6.92 Å². The van der Waals surface area contributed by atoms with Crippen molar-refractivity contribution in [1.29, 1.82) is 0 Å². The van der Waals surface area contributed by atoms with Gasteiger partial charge in [0.1, 0.15) is 11.8 Å². The summed E-state index contributed by atoms with van der Waals surface area (Å²) >= 11 is 0. The van der Waals surface area contributed by atoms with Gasteiger partial charge in [0.2, 0.25) is 0 Å². The van der Waals surface area contributed by atoms with Gasteiger partial charge in [0.25, 0.3) is 5.91 Å². The van der Waals surface area contributed by atoms with Crippen LogP contribution in [0.1, 0.15) is 42.3 Å². The van der Waals surface area contributed by atoms with Crippen LogP contribution in [0.15, 0.2) is 16.7 Å². The van der Waals surface area contributed by atoms with Crippen molar-refractivity contribution in [1.82, 2.24) is 4.90 Å². The van der Waals surface area contributed by atoms with Crippen molar-refractivity contribution in [3.63, 3.8) is 0 Å². The molecular weight excluding hydrogens is 258 g/mol. The van der Waals surface area contributed by atoms with Crippen LogP contribution < -0.4 is 0 Å². The van der Waals surface area contributed by atoms with Crippen LogP contribution in [0.25, 0.3) is 0 Å². The molecule has 0 aromatic carbocycles. The van der Waals surface area contributed by atoms with Gasteiger partial charge in [-0.2, -0.15) is 0 Å². The Balaban J connectivity index is 1.89. The second-order valence-corrected chi connectivity index (χ2v) is 5.71. The molecule has 5 nitrogen and oxygen atoms in total. The number of carboxylic acids is 1. The quantitative estimate of drug-likeness (QED) is 0.919. The van der Waals surface area contributed by atoms with Gasteiger partial charge in [0.15, 0.2) is 0 Å². The summed E-state index contributed by atoms with van der Waals surface area (Å²) in [5.41, 5.74) is 0.513. The molecule has 3 atom stereocenters. The number of rotatable bonds is 3. The fourth-order valence-electron chi connectivity index (χ4n) is 3.79. The van der Waals surface area contributed by atoms with Gasteiger partial charge in [-0.05, 0) is 30.7 Å². The van der Waals surface area contributed by atoms with Gasteiger partial charge in [-0.15, -0.1) is 0 Å². The molecule has 20 heavy (non-hydrogen) atoms. The minimum Gasteiger partial charge on any atom is -0.480 e. The first-order chi connectivity index (χ1) is 9.63. The van der Waals surface area contributed by atoms with Crippen LogP contribution in [-0.2, 0) is 11.2 Å². The number of carbonyl (C=O) groups is 2.